The molecule has 0 fully saturated rings. The number of halogens is 1. The zero-order valence-electron chi connectivity index (χ0n) is 16.6. The summed E-state index contributed by atoms with van der Waals surface area (Å²) < 4.78 is 0.949. The summed E-state index contributed by atoms with van der Waals surface area (Å²) in [7, 11) is 0. The lowest BCUT2D eigenvalue weighted by Crippen LogP contribution is -2.30. The van der Waals surface area contributed by atoms with Crippen LogP contribution in [0.3, 0.4) is 0 Å². The molecule has 0 atom stereocenters. The molecule has 2 heterocycles. The number of aromatic nitrogens is 2. The SMILES string of the molecule is CC(C)Sc1ccc(C(=O)N(Cc2cccnc2)c2nc3ccc(Cl)cc3s2)cc1. The quantitative estimate of drug-likeness (QED) is 0.305. The molecule has 7 heteroatoms. The van der Waals surface area contributed by atoms with Crippen molar-refractivity contribution in [3.63, 3.8) is 0 Å². The molecule has 0 aliphatic carbocycles. The highest BCUT2D eigenvalue weighted by Gasteiger charge is 2.22. The van der Waals surface area contributed by atoms with Crippen LogP contribution in [0.15, 0.2) is 71.9 Å². The van der Waals surface area contributed by atoms with Crippen molar-refractivity contribution >= 4 is 56.0 Å². The third kappa shape index (κ3) is 4.83. The first-order valence-corrected chi connectivity index (χ1v) is 11.6. The molecule has 1 amide bonds. The second kappa shape index (κ2) is 9.16. The van der Waals surface area contributed by atoms with Gasteiger partial charge in [0.1, 0.15) is 0 Å². The van der Waals surface area contributed by atoms with Crippen LogP contribution in [0.4, 0.5) is 5.13 Å². The van der Waals surface area contributed by atoms with Crippen molar-refractivity contribution in [3.8, 4) is 0 Å². The van der Waals surface area contributed by atoms with Gasteiger partial charge in [0.05, 0.1) is 16.8 Å². The first-order chi connectivity index (χ1) is 14.5. The van der Waals surface area contributed by atoms with Crippen molar-refractivity contribution in [2.75, 3.05) is 4.90 Å². The predicted molar refractivity (Wildman–Crippen MR) is 127 cm³/mol. The molecule has 2 aromatic carbocycles. The summed E-state index contributed by atoms with van der Waals surface area (Å²) in [5, 5.41) is 1.78. The summed E-state index contributed by atoms with van der Waals surface area (Å²) in [6.07, 6.45) is 3.49. The van der Waals surface area contributed by atoms with Crippen LogP contribution in [0.1, 0.15) is 29.8 Å². The van der Waals surface area contributed by atoms with Crippen molar-refractivity contribution < 1.29 is 4.79 Å². The lowest BCUT2D eigenvalue weighted by molar-refractivity contribution is 0.0985. The lowest BCUT2D eigenvalue weighted by Gasteiger charge is -2.20. The van der Waals surface area contributed by atoms with Crippen LogP contribution in [0.5, 0.6) is 0 Å². The summed E-state index contributed by atoms with van der Waals surface area (Å²) >= 11 is 9.37. The van der Waals surface area contributed by atoms with Crippen molar-refractivity contribution in [2.24, 2.45) is 0 Å². The minimum atomic E-state index is -0.0925. The van der Waals surface area contributed by atoms with Crippen molar-refractivity contribution in [1.29, 1.82) is 0 Å². The second-order valence-electron chi connectivity index (χ2n) is 7.05. The summed E-state index contributed by atoms with van der Waals surface area (Å²) in [4.78, 5) is 25.2. The van der Waals surface area contributed by atoms with Crippen molar-refractivity contribution in [3.05, 3.63) is 83.1 Å². The monoisotopic (exact) mass is 453 g/mol. The molecule has 0 bridgehead atoms. The third-order valence-corrected chi connectivity index (χ3v) is 6.64. The van der Waals surface area contributed by atoms with Gasteiger partial charge >= 0.3 is 0 Å². The number of anilines is 1. The Kier molecular flexibility index (Phi) is 6.37. The van der Waals surface area contributed by atoms with Gasteiger partial charge < -0.3 is 0 Å². The molecule has 0 aliphatic rings. The summed E-state index contributed by atoms with van der Waals surface area (Å²) in [6, 6.07) is 17.2. The van der Waals surface area contributed by atoms with Gasteiger partial charge in [-0.2, -0.15) is 0 Å². The third-order valence-electron chi connectivity index (χ3n) is 4.35. The van der Waals surface area contributed by atoms with E-state index in [2.05, 4.69) is 18.8 Å². The zero-order valence-corrected chi connectivity index (χ0v) is 19.0. The fourth-order valence-electron chi connectivity index (χ4n) is 3.01. The second-order valence-corrected chi connectivity index (χ2v) is 10.1. The Morgan fingerprint density at radius 2 is 1.97 bits per heavy atom. The number of pyridine rings is 1. The van der Waals surface area contributed by atoms with Crippen LogP contribution < -0.4 is 4.90 Å². The fourth-order valence-corrected chi connectivity index (χ4v) is 5.08. The van der Waals surface area contributed by atoms with Crippen LogP contribution in [-0.2, 0) is 6.54 Å². The Hall–Kier alpha value is -2.41. The standard InChI is InChI=1S/C23H20ClN3OS2/c1-15(2)29-19-8-5-17(6-9-19)22(28)27(14-16-4-3-11-25-13-16)23-26-20-10-7-18(24)12-21(20)30-23/h3-13,15H,14H2,1-2H3. The zero-order chi connectivity index (χ0) is 21.1. The topological polar surface area (TPSA) is 46.1 Å². The first kappa shape index (κ1) is 20.8. The van der Waals surface area contributed by atoms with Gasteiger partial charge in [0.15, 0.2) is 5.13 Å². The Balaban J connectivity index is 1.69. The normalized spacial score (nSPS) is 11.2. The lowest BCUT2D eigenvalue weighted by atomic mass is 10.2. The number of fused-ring (bicyclic) bond motifs is 1. The number of nitrogens with zero attached hydrogens (tertiary/aromatic N) is 3. The molecule has 0 spiro atoms. The number of hydrogen-bond donors (Lipinski definition) is 0. The average Bonchev–Trinajstić information content (AvgIpc) is 3.15. The number of hydrogen-bond acceptors (Lipinski definition) is 5. The van der Waals surface area contributed by atoms with Crippen LogP contribution in [0.25, 0.3) is 10.2 Å². The molecule has 2 aromatic heterocycles. The fraction of sp³-hybridized carbons (Fsp3) is 0.174. The van der Waals surface area contributed by atoms with E-state index in [1.807, 2.05) is 54.6 Å². The molecule has 4 rings (SSSR count). The van der Waals surface area contributed by atoms with E-state index in [0.717, 1.165) is 20.7 Å². The van der Waals surface area contributed by atoms with Gasteiger partial charge in [0, 0.05) is 33.1 Å². The van der Waals surface area contributed by atoms with Gasteiger partial charge in [0.25, 0.3) is 5.91 Å². The number of amides is 1. The van der Waals surface area contributed by atoms with E-state index < -0.39 is 0 Å². The molecule has 0 saturated carbocycles. The van der Waals surface area contributed by atoms with Gasteiger partial charge in [-0.15, -0.1) is 11.8 Å². The van der Waals surface area contributed by atoms with Crippen molar-refractivity contribution in [2.45, 2.75) is 30.5 Å². The predicted octanol–water partition coefficient (Wildman–Crippen LogP) is 6.69. The first-order valence-electron chi connectivity index (χ1n) is 9.53. The molecule has 152 valence electrons. The van der Waals surface area contributed by atoms with E-state index in [9.17, 15) is 4.79 Å². The number of carbonyl (C=O) groups excluding carboxylic acids is 1. The van der Waals surface area contributed by atoms with E-state index in [1.165, 1.54) is 11.3 Å². The highest BCUT2D eigenvalue weighted by Crippen LogP contribution is 2.32. The maximum Gasteiger partial charge on any atom is 0.260 e. The molecule has 0 radical (unpaired) electrons. The molecular weight excluding hydrogens is 434 g/mol. The van der Waals surface area contributed by atoms with Gasteiger partial charge in [-0.1, -0.05) is 42.9 Å². The summed E-state index contributed by atoms with van der Waals surface area (Å²) in [6.45, 7) is 4.69. The van der Waals surface area contributed by atoms with Crippen LogP contribution >= 0.6 is 34.7 Å². The minimum absolute atomic E-state index is 0.0925. The van der Waals surface area contributed by atoms with Crippen LogP contribution in [0.2, 0.25) is 5.02 Å². The molecule has 0 saturated heterocycles. The van der Waals surface area contributed by atoms with Gasteiger partial charge in [0.2, 0.25) is 0 Å². The molecule has 30 heavy (non-hydrogen) atoms. The Bertz CT molecular complexity index is 1160. The molecular formula is C23H20ClN3OS2. The van der Waals surface area contributed by atoms with Crippen LogP contribution in [-0.4, -0.2) is 21.1 Å². The van der Waals surface area contributed by atoms with E-state index in [-0.39, 0.29) is 5.91 Å². The maximum atomic E-state index is 13.5. The van der Waals surface area contributed by atoms with Gasteiger partial charge in [-0.05, 0) is 54.1 Å². The van der Waals surface area contributed by atoms with E-state index >= 15 is 0 Å². The maximum absolute atomic E-state index is 13.5. The average molecular weight is 454 g/mol. The minimum Gasteiger partial charge on any atom is -0.279 e. The van der Waals surface area contributed by atoms with Gasteiger partial charge in [-0.25, -0.2) is 4.98 Å². The molecule has 0 N–H and O–H groups in total. The molecule has 4 nitrogen and oxygen atoms in total. The highest BCUT2D eigenvalue weighted by molar-refractivity contribution is 7.99. The Morgan fingerprint density at radius 1 is 1.17 bits per heavy atom. The number of benzene rings is 2. The smallest absolute Gasteiger partial charge is 0.260 e. The van der Waals surface area contributed by atoms with Gasteiger partial charge in [-0.3, -0.25) is 14.7 Å². The molecule has 4 aromatic rings. The van der Waals surface area contributed by atoms with Crippen LogP contribution in [0, 0.1) is 0 Å². The van der Waals surface area contributed by atoms with E-state index in [1.54, 1.807) is 29.1 Å². The number of thiazole rings is 1. The Morgan fingerprint density at radius 3 is 2.67 bits per heavy atom. The molecule has 0 aliphatic heterocycles. The van der Waals surface area contributed by atoms with Crippen molar-refractivity contribution in [1.82, 2.24) is 9.97 Å². The summed E-state index contributed by atoms with van der Waals surface area (Å²) in [5.74, 6) is -0.0925. The molecule has 0 unspecified atom stereocenters. The Labute approximate surface area is 188 Å². The largest absolute Gasteiger partial charge is 0.279 e. The number of rotatable bonds is 6. The summed E-state index contributed by atoms with van der Waals surface area (Å²) in [5.41, 5.74) is 2.39. The van der Waals surface area contributed by atoms with E-state index in [4.69, 9.17) is 16.6 Å². The number of carbonyl (C=O) groups is 1. The highest BCUT2D eigenvalue weighted by atomic mass is 35.5. The van der Waals surface area contributed by atoms with E-state index in [0.29, 0.717) is 27.5 Å². The number of thioether (sulfide) groups is 1.